The van der Waals surface area contributed by atoms with Gasteiger partial charge in [-0.15, -0.1) is 0 Å². The van der Waals surface area contributed by atoms with Gasteiger partial charge in [0, 0.05) is 37.4 Å². The fourth-order valence-electron chi connectivity index (χ4n) is 3.16. The van der Waals surface area contributed by atoms with Crippen molar-refractivity contribution in [1.82, 2.24) is 10.3 Å². The molecule has 1 aromatic heterocycles. The normalized spacial score (nSPS) is 14.6. The molecule has 2 heterocycles. The Balaban J connectivity index is 1.56. The number of benzene rings is 2. The molecule has 9 heteroatoms. The quantitative estimate of drug-likeness (QED) is 0.512. The highest BCUT2D eigenvalue weighted by Gasteiger charge is 2.42. The van der Waals surface area contributed by atoms with Crippen LogP contribution in [0.15, 0.2) is 59.0 Å². The Bertz CT molecular complexity index is 1010. The second-order valence-corrected chi connectivity index (χ2v) is 6.68. The number of nitrogens with zero attached hydrogens (tertiary/aromatic N) is 2. The SMILES string of the molecule is O=C(Oc1ccc(N2CCNCC2)cc1)c1nc(-c2ccccc2)oc1C(F)(F)F. The van der Waals surface area contributed by atoms with E-state index in [0.29, 0.717) is 5.56 Å². The predicted molar refractivity (Wildman–Crippen MR) is 103 cm³/mol. The summed E-state index contributed by atoms with van der Waals surface area (Å²) < 4.78 is 50.2. The number of hydrogen-bond donors (Lipinski definition) is 1. The summed E-state index contributed by atoms with van der Waals surface area (Å²) in [6.07, 6.45) is -4.89. The van der Waals surface area contributed by atoms with Gasteiger partial charge in [0.2, 0.25) is 17.3 Å². The van der Waals surface area contributed by atoms with Crippen molar-refractivity contribution >= 4 is 11.7 Å². The molecular weight excluding hydrogens is 399 g/mol. The van der Waals surface area contributed by atoms with Gasteiger partial charge < -0.3 is 19.4 Å². The smallest absolute Gasteiger partial charge is 0.431 e. The molecule has 0 atom stereocenters. The number of nitrogens with one attached hydrogen (secondary N) is 1. The van der Waals surface area contributed by atoms with Crippen molar-refractivity contribution in [3.63, 3.8) is 0 Å². The lowest BCUT2D eigenvalue weighted by Crippen LogP contribution is -2.43. The second-order valence-electron chi connectivity index (χ2n) is 6.68. The van der Waals surface area contributed by atoms with Crippen molar-refractivity contribution in [2.75, 3.05) is 31.1 Å². The number of oxazole rings is 1. The highest BCUT2D eigenvalue weighted by molar-refractivity contribution is 5.91. The van der Waals surface area contributed by atoms with Crippen LogP contribution < -0.4 is 15.0 Å². The van der Waals surface area contributed by atoms with Crippen LogP contribution in [0.3, 0.4) is 0 Å². The monoisotopic (exact) mass is 417 g/mol. The molecule has 1 fully saturated rings. The molecule has 1 aliphatic heterocycles. The first-order valence-electron chi connectivity index (χ1n) is 9.33. The Morgan fingerprint density at radius 2 is 1.70 bits per heavy atom. The number of piperazine rings is 1. The highest BCUT2D eigenvalue weighted by atomic mass is 19.4. The van der Waals surface area contributed by atoms with Crippen LogP contribution in [0.5, 0.6) is 5.75 Å². The predicted octanol–water partition coefficient (Wildman–Crippen LogP) is 3.99. The zero-order chi connectivity index (χ0) is 21.1. The molecule has 3 aromatic rings. The lowest BCUT2D eigenvalue weighted by molar-refractivity contribution is -0.153. The number of halogens is 3. The number of aromatic nitrogens is 1. The van der Waals surface area contributed by atoms with Gasteiger partial charge in [-0.05, 0) is 36.4 Å². The van der Waals surface area contributed by atoms with Gasteiger partial charge in [-0.3, -0.25) is 0 Å². The van der Waals surface area contributed by atoms with Crippen molar-refractivity contribution in [1.29, 1.82) is 0 Å². The third-order valence-electron chi connectivity index (χ3n) is 4.63. The van der Waals surface area contributed by atoms with Crippen LogP contribution in [0.4, 0.5) is 18.9 Å². The topological polar surface area (TPSA) is 67.6 Å². The summed E-state index contributed by atoms with van der Waals surface area (Å²) in [6, 6.07) is 14.6. The summed E-state index contributed by atoms with van der Waals surface area (Å²) >= 11 is 0. The first kappa shape index (κ1) is 20.0. The second kappa shape index (κ2) is 8.19. The molecule has 0 saturated carbocycles. The van der Waals surface area contributed by atoms with Crippen LogP contribution in [0, 0.1) is 0 Å². The molecule has 156 valence electrons. The van der Waals surface area contributed by atoms with E-state index in [1.54, 1.807) is 42.5 Å². The van der Waals surface area contributed by atoms with Crippen molar-refractivity contribution < 1.29 is 27.1 Å². The zero-order valence-corrected chi connectivity index (χ0v) is 15.8. The number of hydrogen-bond acceptors (Lipinski definition) is 6. The largest absolute Gasteiger partial charge is 0.452 e. The van der Waals surface area contributed by atoms with Gasteiger partial charge in [0.05, 0.1) is 0 Å². The van der Waals surface area contributed by atoms with Crippen LogP contribution in [0.1, 0.15) is 16.2 Å². The number of carbonyl (C=O) groups is 1. The van der Waals surface area contributed by atoms with E-state index < -0.39 is 23.6 Å². The first-order chi connectivity index (χ1) is 14.4. The minimum atomic E-state index is -4.89. The fourth-order valence-corrected chi connectivity index (χ4v) is 3.16. The molecule has 0 aliphatic carbocycles. The summed E-state index contributed by atoms with van der Waals surface area (Å²) in [5.74, 6) is -2.90. The number of carbonyl (C=O) groups excluding carboxylic acids is 1. The maximum absolute atomic E-state index is 13.4. The molecule has 0 amide bonds. The minimum absolute atomic E-state index is 0.122. The standard InChI is InChI=1S/C21H18F3N3O3/c22-21(23,24)18-17(26-19(30-18)14-4-2-1-3-5-14)20(28)29-16-8-6-15(7-9-16)27-12-10-25-11-13-27/h1-9,25H,10-13H2. The number of anilines is 1. The average Bonchev–Trinajstić information content (AvgIpc) is 3.22. The molecule has 0 bridgehead atoms. The summed E-state index contributed by atoms with van der Waals surface area (Å²) in [5, 5.41) is 3.25. The third kappa shape index (κ3) is 4.30. The van der Waals surface area contributed by atoms with E-state index in [-0.39, 0.29) is 11.6 Å². The first-order valence-corrected chi connectivity index (χ1v) is 9.33. The molecule has 1 saturated heterocycles. The van der Waals surface area contributed by atoms with Crippen molar-refractivity contribution in [3.05, 3.63) is 66.1 Å². The van der Waals surface area contributed by atoms with Crippen LogP contribution in [0.2, 0.25) is 0 Å². The number of esters is 1. The van der Waals surface area contributed by atoms with Gasteiger partial charge in [0.25, 0.3) is 0 Å². The summed E-state index contributed by atoms with van der Waals surface area (Å²) in [4.78, 5) is 18.4. The van der Waals surface area contributed by atoms with Crippen molar-refractivity contribution in [2.45, 2.75) is 6.18 Å². The summed E-state index contributed by atoms with van der Waals surface area (Å²) in [7, 11) is 0. The van der Waals surface area contributed by atoms with E-state index >= 15 is 0 Å². The van der Waals surface area contributed by atoms with Gasteiger partial charge in [-0.25, -0.2) is 9.78 Å². The van der Waals surface area contributed by atoms with E-state index in [0.717, 1.165) is 31.9 Å². The Hall–Kier alpha value is -3.33. The average molecular weight is 417 g/mol. The van der Waals surface area contributed by atoms with Gasteiger partial charge in [-0.2, -0.15) is 13.2 Å². The van der Waals surface area contributed by atoms with E-state index in [9.17, 15) is 18.0 Å². The van der Waals surface area contributed by atoms with Crippen molar-refractivity contribution in [2.24, 2.45) is 0 Å². The fraction of sp³-hybridized carbons (Fsp3) is 0.238. The molecule has 4 rings (SSSR count). The van der Waals surface area contributed by atoms with Crippen LogP contribution in [-0.2, 0) is 6.18 Å². The maximum atomic E-state index is 13.4. The van der Waals surface area contributed by atoms with E-state index in [4.69, 9.17) is 9.15 Å². The molecule has 1 aliphatic rings. The third-order valence-corrected chi connectivity index (χ3v) is 4.63. The Morgan fingerprint density at radius 3 is 2.33 bits per heavy atom. The molecule has 2 aromatic carbocycles. The lowest BCUT2D eigenvalue weighted by atomic mass is 10.2. The zero-order valence-electron chi connectivity index (χ0n) is 15.8. The van der Waals surface area contributed by atoms with Crippen LogP contribution in [0.25, 0.3) is 11.5 Å². The lowest BCUT2D eigenvalue weighted by Gasteiger charge is -2.29. The summed E-state index contributed by atoms with van der Waals surface area (Å²) in [6.45, 7) is 3.42. The van der Waals surface area contributed by atoms with Crippen molar-refractivity contribution in [3.8, 4) is 17.2 Å². The molecule has 0 spiro atoms. The van der Waals surface area contributed by atoms with Gasteiger partial charge in [-0.1, -0.05) is 18.2 Å². The maximum Gasteiger partial charge on any atom is 0.452 e. The highest BCUT2D eigenvalue weighted by Crippen LogP contribution is 2.35. The van der Waals surface area contributed by atoms with Gasteiger partial charge in [0.15, 0.2) is 0 Å². The van der Waals surface area contributed by atoms with E-state index in [1.807, 2.05) is 0 Å². The van der Waals surface area contributed by atoms with Gasteiger partial charge in [0.1, 0.15) is 5.75 Å². The molecular formula is C21H18F3N3O3. The number of ether oxygens (including phenoxy) is 1. The van der Waals surface area contributed by atoms with Gasteiger partial charge >= 0.3 is 12.1 Å². The van der Waals surface area contributed by atoms with Crippen LogP contribution >= 0.6 is 0 Å². The Kier molecular flexibility index (Phi) is 5.45. The molecule has 1 N–H and O–H groups in total. The minimum Gasteiger partial charge on any atom is -0.431 e. The Morgan fingerprint density at radius 1 is 1.03 bits per heavy atom. The van der Waals surface area contributed by atoms with E-state index in [2.05, 4.69) is 15.2 Å². The molecule has 6 nitrogen and oxygen atoms in total. The molecule has 30 heavy (non-hydrogen) atoms. The number of alkyl halides is 3. The van der Waals surface area contributed by atoms with Crippen LogP contribution in [-0.4, -0.2) is 37.1 Å². The Labute approximate surface area is 170 Å². The molecule has 0 radical (unpaired) electrons. The van der Waals surface area contributed by atoms with E-state index in [1.165, 1.54) is 12.1 Å². The summed E-state index contributed by atoms with van der Waals surface area (Å²) in [5.41, 5.74) is 0.357. The molecule has 0 unspecified atom stereocenters. The number of rotatable bonds is 4.